The normalized spacial score (nSPS) is 10.6. The van der Waals surface area contributed by atoms with Gasteiger partial charge in [-0.1, -0.05) is 6.07 Å². The molecule has 0 N–H and O–H groups in total. The number of pyridine rings is 1. The summed E-state index contributed by atoms with van der Waals surface area (Å²) in [6.07, 6.45) is 3.03. The summed E-state index contributed by atoms with van der Waals surface area (Å²) in [5.41, 5.74) is 1.40. The molecule has 0 aliphatic heterocycles. The van der Waals surface area contributed by atoms with Crippen LogP contribution in [0.5, 0.6) is 0 Å². The van der Waals surface area contributed by atoms with Crippen LogP contribution in [-0.2, 0) is 0 Å². The Morgan fingerprint density at radius 3 is 2.42 bits per heavy atom. The standard InChI is InChI=1S/C14H8F2N2O/c15-10-5-9(6-11(16)7-10)14-18-13(8-19-14)12-3-1-2-4-17-12/h1-8H. The fourth-order valence-corrected chi connectivity index (χ4v) is 1.72. The van der Waals surface area contributed by atoms with Crippen LogP contribution in [0.15, 0.2) is 53.3 Å². The third-order valence-electron chi connectivity index (χ3n) is 2.54. The first-order chi connectivity index (χ1) is 9.22. The van der Waals surface area contributed by atoms with E-state index in [9.17, 15) is 8.78 Å². The maximum Gasteiger partial charge on any atom is 0.226 e. The van der Waals surface area contributed by atoms with Gasteiger partial charge in [0.15, 0.2) is 0 Å². The van der Waals surface area contributed by atoms with Crippen LogP contribution in [0.25, 0.3) is 22.8 Å². The molecule has 0 atom stereocenters. The molecule has 3 nitrogen and oxygen atoms in total. The topological polar surface area (TPSA) is 38.9 Å². The second-order valence-corrected chi connectivity index (χ2v) is 3.91. The molecule has 0 bridgehead atoms. The summed E-state index contributed by atoms with van der Waals surface area (Å²) in [6.45, 7) is 0. The van der Waals surface area contributed by atoms with Gasteiger partial charge in [-0.2, -0.15) is 0 Å². The summed E-state index contributed by atoms with van der Waals surface area (Å²) in [5, 5.41) is 0. The maximum absolute atomic E-state index is 13.1. The smallest absolute Gasteiger partial charge is 0.226 e. The van der Waals surface area contributed by atoms with Gasteiger partial charge in [0.2, 0.25) is 5.89 Å². The number of hydrogen-bond acceptors (Lipinski definition) is 3. The molecule has 0 aliphatic rings. The summed E-state index contributed by atoms with van der Waals surface area (Å²) in [7, 11) is 0. The Kier molecular flexibility index (Phi) is 2.79. The first-order valence-corrected chi connectivity index (χ1v) is 5.56. The highest BCUT2D eigenvalue weighted by molar-refractivity contribution is 5.59. The Bertz CT molecular complexity index is 690. The number of aromatic nitrogens is 2. The van der Waals surface area contributed by atoms with Gasteiger partial charge < -0.3 is 4.42 Å². The molecule has 0 aliphatic carbocycles. The monoisotopic (exact) mass is 258 g/mol. The molecule has 3 aromatic rings. The first kappa shape index (κ1) is 11.5. The summed E-state index contributed by atoms with van der Waals surface area (Å²) < 4.78 is 31.5. The molecule has 3 rings (SSSR count). The SMILES string of the molecule is Fc1cc(F)cc(-c2nc(-c3ccccn3)co2)c1. The van der Waals surface area contributed by atoms with E-state index in [0.717, 1.165) is 18.2 Å². The highest BCUT2D eigenvalue weighted by atomic mass is 19.1. The largest absolute Gasteiger partial charge is 0.444 e. The summed E-state index contributed by atoms with van der Waals surface area (Å²) in [4.78, 5) is 8.29. The van der Waals surface area contributed by atoms with Crippen molar-refractivity contribution in [3.63, 3.8) is 0 Å². The van der Waals surface area contributed by atoms with Gasteiger partial charge in [0, 0.05) is 17.8 Å². The lowest BCUT2D eigenvalue weighted by Crippen LogP contribution is -1.85. The molecule has 5 heteroatoms. The van der Waals surface area contributed by atoms with E-state index in [0.29, 0.717) is 11.4 Å². The minimum Gasteiger partial charge on any atom is -0.444 e. The van der Waals surface area contributed by atoms with Gasteiger partial charge in [-0.3, -0.25) is 4.98 Å². The molecule has 0 radical (unpaired) electrons. The van der Waals surface area contributed by atoms with Crippen LogP contribution in [0.3, 0.4) is 0 Å². The highest BCUT2D eigenvalue weighted by Crippen LogP contribution is 2.24. The van der Waals surface area contributed by atoms with E-state index in [1.165, 1.54) is 6.26 Å². The molecule has 0 saturated heterocycles. The lowest BCUT2D eigenvalue weighted by atomic mass is 10.2. The Hall–Kier alpha value is -2.56. The van der Waals surface area contributed by atoms with Crippen molar-refractivity contribution in [1.29, 1.82) is 0 Å². The van der Waals surface area contributed by atoms with Crippen molar-refractivity contribution in [2.24, 2.45) is 0 Å². The molecular weight excluding hydrogens is 250 g/mol. The van der Waals surface area contributed by atoms with Crippen LogP contribution in [0.2, 0.25) is 0 Å². The van der Waals surface area contributed by atoms with Crippen LogP contribution < -0.4 is 0 Å². The van der Waals surface area contributed by atoms with E-state index in [4.69, 9.17) is 4.42 Å². The maximum atomic E-state index is 13.1. The van der Waals surface area contributed by atoms with Crippen molar-refractivity contribution in [3.05, 3.63) is 60.5 Å². The van der Waals surface area contributed by atoms with Gasteiger partial charge in [0.1, 0.15) is 23.6 Å². The molecule has 0 fully saturated rings. The second kappa shape index (κ2) is 4.61. The van der Waals surface area contributed by atoms with Crippen molar-refractivity contribution in [3.8, 4) is 22.8 Å². The third kappa shape index (κ3) is 2.35. The lowest BCUT2D eigenvalue weighted by molar-refractivity contribution is 0.564. The van der Waals surface area contributed by atoms with Gasteiger partial charge in [0.25, 0.3) is 0 Å². The lowest BCUT2D eigenvalue weighted by Gasteiger charge is -1.96. The molecule has 0 unspecified atom stereocenters. The predicted octanol–water partition coefficient (Wildman–Crippen LogP) is 3.68. The Balaban J connectivity index is 2.02. The van der Waals surface area contributed by atoms with Crippen molar-refractivity contribution in [2.45, 2.75) is 0 Å². The van der Waals surface area contributed by atoms with E-state index in [1.54, 1.807) is 18.3 Å². The van der Waals surface area contributed by atoms with Gasteiger partial charge in [-0.25, -0.2) is 13.8 Å². The van der Waals surface area contributed by atoms with E-state index >= 15 is 0 Å². The minimum absolute atomic E-state index is 0.152. The molecule has 19 heavy (non-hydrogen) atoms. The van der Waals surface area contributed by atoms with Gasteiger partial charge in [-0.05, 0) is 24.3 Å². The number of rotatable bonds is 2. The van der Waals surface area contributed by atoms with Gasteiger partial charge in [0.05, 0.1) is 5.69 Å². The fraction of sp³-hybridized carbons (Fsp3) is 0. The Morgan fingerprint density at radius 1 is 0.947 bits per heavy atom. The number of halogens is 2. The molecule has 1 aromatic carbocycles. The highest BCUT2D eigenvalue weighted by Gasteiger charge is 2.11. The zero-order chi connectivity index (χ0) is 13.2. The number of oxazole rings is 1. The molecule has 0 spiro atoms. The molecule has 2 aromatic heterocycles. The summed E-state index contributed by atoms with van der Waals surface area (Å²) in [5.74, 6) is -1.20. The number of benzene rings is 1. The van der Waals surface area contributed by atoms with Crippen LogP contribution in [0.4, 0.5) is 8.78 Å². The van der Waals surface area contributed by atoms with E-state index in [1.807, 2.05) is 6.07 Å². The molecule has 2 heterocycles. The molecular formula is C14H8F2N2O. The van der Waals surface area contributed by atoms with Crippen molar-refractivity contribution < 1.29 is 13.2 Å². The van der Waals surface area contributed by atoms with Crippen LogP contribution in [0, 0.1) is 11.6 Å². The molecule has 0 saturated carbocycles. The third-order valence-corrected chi connectivity index (χ3v) is 2.54. The van der Waals surface area contributed by atoms with E-state index in [-0.39, 0.29) is 11.5 Å². The van der Waals surface area contributed by atoms with E-state index < -0.39 is 11.6 Å². The molecule has 94 valence electrons. The van der Waals surface area contributed by atoms with Crippen molar-refractivity contribution >= 4 is 0 Å². The first-order valence-electron chi connectivity index (χ1n) is 5.56. The van der Waals surface area contributed by atoms with Crippen LogP contribution >= 0.6 is 0 Å². The number of nitrogens with zero attached hydrogens (tertiary/aromatic N) is 2. The van der Waals surface area contributed by atoms with Gasteiger partial charge >= 0.3 is 0 Å². The van der Waals surface area contributed by atoms with Crippen LogP contribution in [0.1, 0.15) is 0 Å². The quantitative estimate of drug-likeness (QED) is 0.703. The zero-order valence-corrected chi connectivity index (χ0v) is 9.68. The Morgan fingerprint density at radius 2 is 1.74 bits per heavy atom. The fourth-order valence-electron chi connectivity index (χ4n) is 1.72. The summed E-state index contributed by atoms with van der Waals surface area (Å²) in [6, 6.07) is 8.50. The predicted molar refractivity (Wildman–Crippen MR) is 65.1 cm³/mol. The van der Waals surface area contributed by atoms with Crippen LogP contribution in [-0.4, -0.2) is 9.97 Å². The van der Waals surface area contributed by atoms with E-state index in [2.05, 4.69) is 9.97 Å². The summed E-state index contributed by atoms with van der Waals surface area (Å²) >= 11 is 0. The minimum atomic E-state index is -0.674. The average molecular weight is 258 g/mol. The molecule has 0 amide bonds. The second-order valence-electron chi connectivity index (χ2n) is 3.91. The Labute approximate surface area is 107 Å². The van der Waals surface area contributed by atoms with Crippen molar-refractivity contribution in [2.75, 3.05) is 0 Å². The van der Waals surface area contributed by atoms with Gasteiger partial charge in [-0.15, -0.1) is 0 Å². The number of hydrogen-bond donors (Lipinski definition) is 0. The average Bonchev–Trinajstić information content (AvgIpc) is 2.88. The zero-order valence-electron chi connectivity index (χ0n) is 9.68. The van der Waals surface area contributed by atoms with Crippen molar-refractivity contribution in [1.82, 2.24) is 9.97 Å².